The highest BCUT2D eigenvalue weighted by Gasteiger charge is 2.18. The Labute approximate surface area is 100 Å². The van der Waals surface area contributed by atoms with E-state index < -0.39 is 0 Å². The molecule has 0 saturated carbocycles. The summed E-state index contributed by atoms with van der Waals surface area (Å²) in [7, 11) is 0. The van der Waals surface area contributed by atoms with Gasteiger partial charge < -0.3 is 11.1 Å². The molecule has 0 radical (unpaired) electrons. The lowest BCUT2D eigenvalue weighted by Crippen LogP contribution is -2.43. The summed E-state index contributed by atoms with van der Waals surface area (Å²) in [6.45, 7) is 2.18. The van der Waals surface area contributed by atoms with Crippen molar-refractivity contribution >= 4 is 11.6 Å². The number of hydrogen-bond acceptors (Lipinski definition) is 5. The monoisotopic (exact) mass is 235 g/mol. The average molecular weight is 235 g/mol. The molecule has 0 aliphatic carbocycles. The van der Waals surface area contributed by atoms with Crippen molar-refractivity contribution < 1.29 is 4.79 Å². The largest absolute Gasteiger partial charge is 0.328 e. The molecule has 3 N–H and O–H groups in total. The molecule has 2 rings (SSSR count). The van der Waals surface area contributed by atoms with Crippen molar-refractivity contribution in [3.05, 3.63) is 18.7 Å². The van der Waals surface area contributed by atoms with E-state index >= 15 is 0 Å². The van der Waals surface area contributed by atoms with Crippen LogP contribution in [-0.4, -0.2) is 46.5 Å². The van der Waals surface area contributed by atoms with Gasteiger partial charge in [0.2, 0.25) is 5.91 Å². The van der Waals surface area contributed by atoms with Crippen LogP contribution in [0.15, 0.2) is 18.7 Å². The molecule has 1 aliphatic heterocycles. The standard InChI is InChI=1S/C11H17N5O/c12-9-1-3-16(4-2-9)7-11(17)15-10-5-13-8-14-6-10/h5-6,8-9H,1-4,7,12H2,(H,15,17). The molecule has 0 bridgehead atoms. The van der Waals surface area contributed by atoms with Crippen LogP contribution in [0.1, 0.15) is 12.8 Å². The molecule has 0 unspecified atom stereocenters. The zero-order valence-corrected chi connectivity index (χ0v) is 9.67. The maximum atomic E-state index is 11.7. The van der Waals surface area contributed by atoms with Crippen molar-refractivity contribution in [3.63, 3.8) is 0 Å². The Kier molecular flexibility index (Phi) is 4.00. The third-order valence-corrected chi connectivity index (χ3v) is 2.84. The number of amides is 1. The Morgan fingerprint density at radius 1 is 1.41 bits per heavy atom. The Hall–Kier alpha value is -1.53. The summed E-state index contributed by atoms with van der Waals surface area (Å²) in [6.07, 6.45) is 6.51. The van der Waals surface area contributed by atoms with Crippen LogP contribution in [0.2, 0.25) is 0 Å². The zero-order chi connectivity index (χ0) is 12.1. The Bertz CT molecular complexity index is 361. The summed E-state index contributed by atoms with van der Waals surface area (Å²) in [5.41, 5.74) is 6.44. The van der Waals surface area contributed by atoms with E-state index in [9.17, 15) is 4.79 Å². The molecule has 17 heavy (non-hydrogen) atoms. The predicted molar refractivity (Wildman–Crippen MR) is 64.3 cm³/mol. The van der Waals surface area contributed by atoms with Crippen LogP contribution >= 0.6 is 0 Å². The van der Waals surface area contributed by atoms with E-state index in [4.69, 9.17) is 5.73 Å². The van der Waals surface area contributed by atoms with E-state index in [1.165, 1.54) is 6.33 Å². The third kappa shape index (κ3) is 3.76. The quantitative estimate of drug-likeness (QED) is 0.760. The van der Waals surface area contributed by atoms with E-state index in [0.717, 1.165) is 25.9 Å². The van der Waals surface area contributed by atoms with Gasteiger partial charge in [0.15, 0.2) is 0 Å². The van der Waals surface area contributed by atoms with Crippen LogP contribution in [0.3, 0.4) is 0 Å². The molecule has 1 amide bonds. The smallest absolute Gasteiger partial charge is 0.238 e. The summed E-state index contributed by atoms with van der Waals surface area (Å²) in [4.78, 5) is 21.5. The fourth-order valence-corrected chi connectivity index (χ4v) is 1.88. The van der Waals surface area contributed by atoms with Crippen molar-refractivity contribution in [2.24, 2.45) is 5.73 Å². The number of carbonyl (C=O) groups is 1. The molecular formula is C11H17N5O. The van der Waals surface area contributed by atoms with Gasteiger partial charge in [0.05, 0.1) is 24.6 Å². The van der Waals surface area contributed by atoms with Gasteiger partial charge in [-0.3, -0.25) is 9.69 Å². The number of hydrogen-bond donors (Lipinski definition) is 2. The summed E-state index contributed by atoms with van der Waals surface area (Å²) in [5.74, 6) is -0.0322. The van der Waals surface area contributed by atoms with Gasteiger partial charge in [-0.15, -0.1) is 0 Å². The topological polar surface area (TPSA) is 84.1 Å². The number of nitrogens with zero attached hydrogens (tertiary/aromatic N) is 3. The first kappa shape index (κ1) is 11.9. The Morgan fingerprint density at radius 2 is 2.06 bits per heavy atom. The number of likely N-dealkylation sites (tertiary alicyclic amines) is 1. The van der Waals surface area contributed by atoms with Crippen LogP contribution in [-0.2, 0) is 4.79 Å². The predicted octanol–water partition coefficient (Wildman–Crippen LogP) is -0.162. The van der Waals surface area contributed by atoms with Crippen molar-refractivity contribution in [3.8, 4) is 0 Å². The van der Waals surface area contributed by atoms with Crippen LogP contribution in [0.4, 0.5) is 5.69 Å². The first-order valence-electron chi connectivity index (χ1n) is 5.77. The highest BCUT2D eigenvalue weighted by molar-refractivity contribution is 5.91. The van der Waals surface area contributed by atoms with Gasteiger partial charge in [-0.05, 0) is 12.8 Å². The minimum atomic E-state index is -0.0322. The number of nitrogens with one attached hydrogen (secondary N) is 1. The molecule has 1 saturated heterocycles. The van der Waals surface area contributed by atoms with Gasteiger partial charge in [0.25, 0.3) is 0 Å². The van der Waals surface area contributed by atoms with Gasteiger partial charge >= 0.3 is 0 Å². The van der Waals surface area contributed by atoms with Crippen LogP contribution in [0, 0.1) is 0 Å². The fraction of sp³-hybridized carbons (Fsp3) is 0.545. The van der Waals surface area contributed by atoms with E-state index in [0.29, 0.717) is 12.2 Å². The molecule has 0 aromatic carbocycles. The van der Waals surface area contributed by atoms with Crippen molar-refractivity contribution in [1.82, 2.24) is 14.9 Å². The molecule has 92 valence electrons. The lowest BCUT2D eigenvalue weighted by molar-refractivity contribution is -0.117. The van der Waals surface area contributed by atoms with Gasteiger partial charge in [-0.25, -0.2) is 9.97 Å². The number of anilines is 1. The van der Waals surface area contributed by atoms with Gasteiger partial charge in [-0.1, -0.05) is 0 Å². The van der Waals surface area contributed by atoms with E-state index in [1.807, 2.05) is 0 Å². The lowest BCUT2D eigenvalue weighted by atomic mass is 10.1. The number of nitrogens with two attached hydrogens (primary N) is 1. The molecule has 0 spiro atoms. The number of piperidine rings is 1. The second-order valence-electron chi connectivity index (χ2n) is 4.29. The number of carbonyl (C=O) groups excluding carboxylic acids is 1. The fourth-order valence-electron chi connectivity index (χ4n) is 1.88. The van der Waals surface area contributed by atoms with Crippen molar-refractivity contribution in [1.29, 1.82) is 0 Å². The highest BCUT2D eigenvalue weighted by atomic mass is 16.2. The molecular weight excluding hydrogens is 218 g/mol. The molecule has 1 fully saturated rings. The number of aromatic nitrogens is 2. The molecule has 6 heteroatoms. The van der Waals surface area contributed by atoms with E-state index in [-0.39, 0.29) is 11.9 Å². The second kappa shape index (κ2) is 5.70. The minimum Gasteiger partial charge on any atom is -0.328 e. The Morgan fingerprint density at radius 3 is 2.71 bits per heavy atom. The van der Waals surface area contributed by atoms with E-state index in [2.05, 4.69) is 20.2 Å². The number of rotatable bonds is 3. The Balaban J connectivity index is 1.78. The highest BCUT2D eigenvalue weighted by Crippen LogP contribution is 2.08. The molecule has 2 heterocycles. The first-order chi connectivity index (χ1) is 8.24. The summed E-state index contributed by atoms with van der Waals surface area (Å²) in [5, 5.41) is 2.76. The van der Waals surface area contributed by atoms with Gasteiger partial charge in [-0.2, -0.15) is 0 Å². The minimum absolute atomic E-state index is 0.0322. The molecule has 6 nitrogen and oxygen atoms in total. The van der Waals surface area contributed by atoms with Crippen molar-refractivity contribution in [2.45, 2.75) is 18.9 Å². The zero-order valence-electron chi connectivity index (χ0n) is 9.67. The maximum Gasteiger partial charge on any atom is 0.238 e. The lowest BCUT2D eigenvalue weighted by Gasteiger charge is -2.29. The molecule has 0 atom stereocenters. The van der Waals surface area contributed by atoms with Crippen molar-refractivity contribution in [2.75, 3.05) is 25.0 Å². The molecule has 1 aliphatic rings. The summed E-state index contributed by atoms with van der Waals surface area (Å²) < 4.78 is 0. The average Bonchev–Trinajstić information content (AvgIpc) is 2.33. The van der Waals surface area contributed by atoms with Crippen LogP contribution in [0.5, 0.6) is 0 Å². The second-order valence-corrected chi connectivity index (χ2v) is 4.29. The van der Waals surface area contributed by atoms with Crippen LogP contribution < -0.4 is 11.1 Å². The van der Waals surface area contributed by atoms with E-state index in [1.54, 1.807) is 12.4 Å². The first-order valence-corrected chi connectivity index (χ1v) is 5.77. The SMILES string of the molecule is NC1CCN(CC(=O)Nc2cncnc2)CC1. The van der Waals surface area contributed by atoms with Gasteiger partial charge in [0.1, 0.15) is 6.33 Å². The summed E-state index contributed by atoms with van der Waals surface area (Å²) >= 11 is 0. The maximum absolute atomic E-state index is 11.7. The normalized spacial score (nSPS) is 17.9. The molecule has 1 aromatic rings. The summed E-state index contributed by atoms with van der Waals surface area (Å²) in [6, 6.07) is 0.289. The molecule has 1 aromatic heterocycles. The van der Waals surface area contributed by atoms with Gasteiger partial charge in [0, 0.05) is 19.1 Å². The third-order valence-electron chi connectivity index (χ3n) is 2.84. The van der Waals surface area contributed by atoms with Crippen LogP contribution in [0.25, 0.3) is 0 Å².